The monoisotopic (exact) mass is 351 g/mol. The number of hydrogen-bond acceptors (Lipinski definition) is 3. The smallest absolute Gasteiger partial charge is 0.191 e. The fraction of sp³-hybridized carbons (Fsp3) is 0.667. The average molecular weight is 352 g/mol. The van der Waals surface area contributed by atoms with Gasteiger partial charge in [-0.2, -0.15) is 0 Å². The van der Waals surface area contributed by atoms with E-state index in [0.717, 1.165) is 37.9 Å². The molecule has 2 rings (SSSR count). The minimum Gasteiger partial charge on any atom is -0.357 e. The molecule has 5 nitrogen and oxygen atoms in total. The van der Waals surface area contributed by atoms with Gasteiger partial charge in [0.2, 0.25) is 0 Å². The third-order valence-electron chi connectivity index (χ3n) is 4.48. The summed E-state index contributed by atoms with van der Waals surface area (Å²) in [5.41, 5.74) is 1.18. The summed E-state index contributed by atoms with van der Waals surface area (Å²) in [6, 6.07) is 3.85. The van der Waals surface area contributed by atoms with Crippen LogP contribution in [0.15, 0.2) is 23.3 Å². The maximum Gasteiger partial charge on any atom is 0.191 e. The summed E-state index contributed by atoms with van der Waals surface area (Å²) in [6.45, 7) is 7.15. The van der Waals surface area contributed by atoms with E-state index in [1.807, 2.05) is 18.3 Å². The van der Waals surface area contributed by atoms with Gasteiger partial charge >= 0.3 is 0 Å². The van der Waals surface area contributed by atoms with Crippen LogP contribution in [-0.2, 0) is 6.42 Å². The Hall–Kier alpha value is -1.33. The molecule has 1 fully saturated rings. The number of guanidine groups is 1. The predicted octanol–water partition coefficient (Wildman–Crippen LogP) is 2.56. The molecule has 0 saturated carbocycles. The molecule has 134 valence electrons. The number of hydrogen-bond donors (Lipinski definition) is 2. The van der Waals surface area contributed by atoms with E-state index in [9.17, 15) is 0 Å². The van der Waals surface area contributed by atoms with Crippen LogP contribution in [0.5, 0.6) is 0 Å². The molecule has 1 aromatic rings. The molecule has 1 aliphatic heterocycles. The Balaban J connectivity index is 1.70. The highest BCUT2D eigenvalue weighted by Gasteiger charge is 2.15. The van der Waals surface area contributed by atoms with E-state index in [1.165, 1.54) is 37.9 Å². The van der Waals surface area contributed by atoms with E-state index in [4.69, 9.17) is 16.6 Å². The normalized spacial score (nSPS) is 17.0. The van der Waals surface area contributed by atoms with Crippen LogP contribution < -0.4 is 10.6 Å². The number of halogens is 1. The molecule has 0 spiro atoms. The highest BCUT2D eigenvalue weighted by molar-refractivity contribution is 6.29. The number of aliphatic imine (C=N–C) groups is 1. The van der Waals surface area contributed by atoms with Crippen LogP contribution in [0.3, 0.4) is 0 Å². The Morgan fingerprint density at radius 1 is 1.33 bits per heavy atom. The zero-order chi connectivity index (χ0) is 17.2. The molecule has 1 saturated heterocycles. The van der Waals surface area contributed by atoms with Gasteiger partial charge < -0.3 is 15.5 Å². The van der Waals surface area contributed by atoms with Gasteiger partial charge in [0.25, 0.3) is 0 Å². The van der Waals surface area contributed by atoms with Gasteiger partial charge in [-0.3, -0.25) is 4.99 Å². The molecular weight excluding hydrogens is 322 g/mol. The second-order valence-electron chi connectivity index (χ2n) is 6.46. The topological polar surface area (TPSA) is 52.6 Å². The number of likely N-dealkylation sites (tertiary alicyclic amines) is 1. The Morgan fingerprint density at radius 3 is 2.79 bits per heavy atom. The number of nitrogens with one attached hydrogen (secondary N) is 2. The summed E-state index contributed by atoms with van der Waals surface area (Å²) < 4.78 is 0. The Bertz CT molecular complexity index is 495. The second kappa shape index (κ2) is 10.5. The summed E-state index contributed by atoms with van der Waals surface area (Å²) in [5, 5.41) is 7.25. The molecule has 24 heavy (non-hydrogen) atoms. The van der Waals surface area contributed by atoms with Gasteiger partial charge in [-0.1, -0.05) is 17.7 Å². The first-order chi connectivity index (χ1) is 11.7. The van der Waals surface area contributed by atoms with Gasteiger partial charge in [-0.15, -0.1) is 0 Å². The summed E-state index contributed by atoms with van der Waals surface area (Å²) in [4.78, 5) is 11.2. The highest BCUT2D eigenvalue weighted by atomic mass is 35.5. The van der Waals surface area contributed by atoms with Crippen LogP contribution in [0.1, 0.15) is 31.7 Å². The van der Waals surface area contributed by atoms with Gasteiger partial charge in [-0.05, 0) is 70.3 Å². The van der Waals surface area contributed by atoms with Crippen molar-refractivity contribution in [3.8, 4) is 0 Å². The molecule has 1 aromatic heterocycles. The molecule has 0 bridgehead atoms. The van der Waals surface area contributed by atoms with Crippen LogP contribution in [0.25, 0.3) is 0 Å². The Morgan fingerprint density at radius 2 is 2.12 bits per heavy atom. The van der Waals surface area contributed by atoms with Crippen molar-refractivity contribution in [1.82, 2.24) is 20.5 Å². The first-order valence-corrected chi connectivity index (χ1v) is 9.36. The van der Waals surface area contributed by atoms with Crippen LogP contribution >= 0.6 is 11.6 Å². The molecule has 2 heterocycles. The van der Waals surface area contributed by atoms with E-state index in [-0.39, 0.29) is 0 Å². The molecular formula is C18H30ClN5. The van der Waals surface area contributed by atoms with Crippen LogP contribution in [-0.4, -0.2) is 55.6 Å². The van der Waals surface area contributed by atoms with Crippen LogP contribution in [0.4, 0.5) is 0 Å². The van der Waals surface area contributed by atoms with E-state index in [1.54, 1.807) is 0 Å². The van der Waals surface area contributed by atoms with Gasteiger partial charge in [0.05, 0.1) is 0 Å². The molecule has 0 radical (unpaired) electrons. The molecule has 0 amide bonds. The SMILES string of the molecule is CCNC(=NCCC1CCN(C)CC1)NCCc1ccc(Cl)nc1. The van der Waals surface area contributed by atoms with Gasteiger partial charge in [0.15, 0.2) is 5.96 Å². The van der Waals surface area contributed by atoms with E-state index in [2.05, 4.69) is 34.5 Å². The molecule has 1 aliphatic rings. The lowest BCUT2D eigenvalue weighted by Gasteiger charge is -2.28. The minimum absolute atomic E-state index is 0.538. The third kappa shape index (κ3) is 7.05. The summed E-state index contributed by atoms with van der Waals surface area (Å²) in [7, 11) is 2.21. The summed E-state index contributed by atoms with van der Waals surface area (Å²) in [5.74, 6) is 1.74. The zero-order valence-corrected chi connectivity index (χ0v) is 15.6. The fourth-order valence-electron chi connectivity index (χ4n) is 2.93. The van der Waals surface area contributed by atoms with Crippen molar-refractivity contribution in [2.24, 2.45) is 10.9 Å². The second-order valence-corrected chi connectivity index (χ2v) is 6.85. The maximum absolute atomic E-state index is 5.81. The van der Waals surface area contributed by atoms with Gasteiger partial charge in [0, 0.05) is 25.8 Å². The van der Waals surface area contributed by atoms with Crippen molar-refractivity contribution in [3.63, 3.8) is 0 Å². The number of rotatable bonds is 7. The lowest BCUT2D eigenvalue weighted by Crippen LogP contribution is -2.38. The standard InChI is InChI=1S/C18H30ClN5/c1-3-20-18(21-10-6-15-8-12-24(2)13-9-15)22-11-7-16-4-5-17(19)23-14-16/h4-5,14-15H,3,6-13H2,1-2H3,(H2,20,21,22). The molecule has 6 heteroatoms. The minimum atomic E-state index is 0.538. The average Bonchev–Trinajstić information content (AvgIpc) is 2.58. The lowest BCUT2D eigenvalue weighted by molar-refractivity contribution is 0.214. The van der Waals surface area contributed by atoms with Crippen molar-refractivity contribution in [2.75, 3.05) is 39.8 Å². The molecule has 2 N–H and O–H groups in total. The number of pyridine rings is 1. The largest absolute Gasteiger partial charge is 0.357 e. The van der Waals surface area contributed by atoms with Crippen molar-refractivity contribution in [2.45, 2.75) is 32.6 Å². The number of piperidine rings is 1. The van der Waals surface area contributed by atoms with Gasteiger partial charge in [-0.25, -0.2) is 4.98 Å². The zero-order valence-electron chi connectivity index (χ0n) is 14.9. The van der Waals surface area contributed by atoms with E-state index < -0.39 is 0 Å². The molecule has 0 unspecified atom stereocenters. The lowest BCUT2D eigenvalue weighted by atomic mass is 9.94. The third-order valence-corrected chi connectivity index (χ3v) is 4.71. The van der Waals surface area contributed by atoms with Crippen molar-refractivity contribution in [3.05, 3.63) is 29.0 Å². The first kappa shape index (κ1) is 19.0. The van der Waals surface area contributed by atoms with E-state index >= 15 is 0 Å². The van der Waals surface area contributed by atoms with Gasteiger partial charge in [0.1, 0.15) is 5.15 Å². The van der Waals surface area contributed by atoms with Crippen molar-refractivity contribution < 1.29 is 0 Å². The van der Waals surface area contributed by atoms with Crippen molar-refractivity contribution >= 4 is 17.6 Å². The summed E-state index contributed by atoms with van der Waals surface area (Å²) >= 11 is 5.81. The first-order valence-electron chi connectivity index (χ1n) is 8.98. The predicted molar refractivity (Wildman–Crippen MR) is 102 cm³/mol. The van der Waals surface area contributed by atoms with Crippen molar-refractivity contribution in [1.29, 1.82) is 0 Å². The quantitative estimate of drug-likeness (QED) is 0.450. The van der Waals surface area contributed by atoms with Crippen LogP contribution in [0.2, 0.25) is 5.15 Å². The number of aromatic nitrogens is 1. The van der Waals surface area contributed by atoms with Crippen LogP contribution in [0, 0.1) is 5.92 Å². The fourth-order valence-corrected chi connectivity index (χ4v) is 3.04. The number of nitrogens with zero attached hydrogens (tertiary/aromatic N) is 3. The molecule has 0 aliphatic carbocycles. The Labute approximate surface area is 150 Å². The molecule has 0 aromatic carbocycles. The Kier molecular flexibility index (Phi) is 8.33. The molecule has 0 atom stereocenters. The maximum atomic E-state index is 5.81. The summed E-state index contributed by atoms with van der Waals surface area (Å²) in [6.07, 6.45) is 6.53. The highest BCUT2D eigenvalue weighted by Crippen LogP contribution is 2.19. The van der Waals surface area contributed by atoms with E-state index in [0.29, 0.717) is 5.15 Å².